The van der Waals surface area contributed by atoms with Gasteiger partial charge in [-0.2, -0.15) is 0 Å². The summed E-state index contributed by atoms with van der Waals surface area (Å²) in [7, 11) is 3.66. The van der Waals surface area contributed by atoms with Gasteiger partial charge in [-0.25, -0.2) is 0 Å². The lowest BCUT2D eigenvalue weighted by molar-refractivity contribution is 0.195. The number of hydrogen-bond acceptors (Lipinski definition) is 2. The molecule has 0 aromatic rings. The van der Waals surface area contributed by atoms with E-state index in [1.54, 1.807) is 7.11 Å². The zero-order chi connectivity index (χ0) is 7.54. The minimum Gasteiger partial charge on any atom is -0.385 e. The molecule has 1 N–H and O–H groups in total. The van der Waals surface area contributed by atoms with Crippen molar-refractivity contribution in [3.05, 3.63) is 0 Å². The van der Waals surface area contributed by atoms with E-state index in [0.717, 1.165) is 19.6 Å². The highest BCUT2D eigenvalue weighted by molar-refractivity contribution is 4.36. The molecule has 2 nitrogen and oxygen atoms in total. The zero-order valence-corrected chi connectivity index (χ0v) is 7.03. The van der Waals surface area contributed by atoms with E-state index in [0.29, 0.717) is 0 Å². The van der Waals surface area contributed by atoms with Crippen molar-refractivity contribution in [2.45, 2.75) is 27.7 Å². The van der Waals surface area contributed by atoms with Gasteiger partial charge in [-0.05, 0) is 20.0 Å². The van der Waals surface area contributed by atoms with Crippen LogP contribution in [0.25, 0.3) is 0 Å². The van der Waals surface area contributed by atoms with Crippen LogP contribution in [0.1, 0.15) is 27.7 Å². The molecule has 0 saturated heterocycles. The first kappa shape index (κ1) is 16.5. The van der Waals surface area contributed by atoms with Crippen LogP contribution in [-0.2, 0) is 4.74 Å². The van der Waals surface area contributed by atoms with Crippen molar-refractivity contribution in [2.75, 3.05) is 27.3 Å². The Kier molecular flexibility index (Phi) is 38.1. The van der Waals surface area contributed by atoms with E-state index in [1.165, 1.54) is 0 Å². The predicted molar refractivity (Wildman–Crippen MR) is 48.5 cm³/mol. The van der Waals surface area contributed by atoms with E-state index < -0.39 is 0 Å². The summed E-state index contributed by atoms with van der Waals surface area (Å²) >= 11 is 0. The van der Waals surface area contributed by atoms with Crippen LogP contribution in [0.2, 0.25) is 0 Å². The molecule has 0 heterocycles. The summed E-state index contributed by atoms with van der Waals surface area (Å²) in [4.78, 5) is 0. The van der Waals surface area contributed by atoms with Crippen molar-refractivity contribution >= 4 is 0 Å². The molecular formula is C8H23NO. The number of hydrogen-bond donors (Lipinski definition) is 1. The molecule has 0 aliphatic carbocycles. The second-order valence-corrected chi connectivity index (χ2v) is 1.45. The first-order valence-corrected chi connectivity index (χ1v) is 3.55. The van der Waals surface area contributed by atoms with Crippen molar-refractivity contribution in [3.63, 3.8) is 0 Å². The molecule has 0 rings (SSSR count). The third-order valence-corrected chi connectivity index (χ3v) is 0.775. The molecular weight excluding hydrogens is 126 g/mol. The van der Waals surface area contributed by atoms with Crippen molar-refractivity contribution < 1.29 is 4.74 Å². The van der Waals surface area contributed by atoms with Gasteiger partial charge in [-0.3, -0.25) is 0 Å². The van der Waals surface area contributed by atoms with E-state index in [4.69, 9.17) is 4.74 Å². The molecule has 0 aliphatic rings. The lowest BCUT2D eigenvalue weighted by atomic mass is 10.5. The van der Waals surface area contributed by atoms with Crippen LogP contribution in [0.5, 0.6) is 0 Å². The van der Waals surface area contributed by atoms with Gasteiger partial charge in [0.25, 0.3) is 0 Å². The highest BCUT2D eigenvalue weighted by Crippen LogP contribution is 1.73. The average molecular weight is 149 g/mol. The number of ether oxygens (including phenoxy) is 1. The van der Waals surface area contributed by atoms with E-state index >= 15 is 0 Å². The molecule has 0 atom stereocenters. The molecule has 0 fully saturated rings. The maximum absolute atomic E-state index is 4.80. The van der Waals surface area contributed by atoms with Crippen LogP contribution >= 0.6 is 0 Å². The summed E-state index contributed by atoms with van der Waals surface area (Å²) in [6.45, 7) is 5.91. The van der Waals surface area contributed by atoms with Crippen molar-refractivity contribution in [3.8, 4) is 0 Å². The Morgan fingerprint density at radius 1 is 1.30 bits per heavy atom. The van der Waals surface area contributed by atoms with E-state index in [1.807, 2.05) is 20.9 Å². The predicted octanol–water partition coefficient (Wildman–Crippen LogP) is 1.90. The van der Waals surface area contributed by atoms with Crippen LogP contribution < -0.4 is 5.32 Å². The molecule has 0 aromatic carbocycles. The normalized spacial score (nSPS) is 7.20. The van der Waals surface area contributed by atoms with Crippen LogP contribution in [0.3, 0.4) is 0 Å². The molecule has 0 spiro atoms. The van der Waals surface area contributed by atoms with Gasteiger partial charge < -0.3 is 10.1 Å². The highest BCUT2D eigenvalue weighted by atomic mass is 16.5. The van der Waals surface area contributed by atoms with E-state index in [2.05, 4.69) is 5.32 Å². The summed E-state index contributed by atoms with van der Waals surface area (Å²) in [5.74, 6) is 0. The fourth-order valence-electron chi connectivity index (χ4n) is 0.393. The molecule has 0 saturated carbocycles. The van der Waals surface area contributed by atoms with Crippen LogP contribution in [0, 0.1) is 0 Å². The monoisotopic (exact) mass is 149 g/mol. The second-order valence-electron chi connectivity index (χ2n) is 1.45. The Labute approximate surface area is 66.0 Å². The van der Waals surface area contributed by atoms with Gasteiger partial charge in [0.1, 0.15) is 0 Å². The summed E-state index contributed by atoms with van der Waals surface area (Å²) in [6.07, 6.45) is 1.10. The summed E-state index contributed by atoms with van der Waals surface area (Å²) in [6, 6.07) is 0. The zero-order valence-electron chi connectivity index (χ0n) is 7.03. The molecule has 0 unspecified atom stereocenters. The van der Waals surface area contributed by atoms with Crippen LogP contribution in [-0.4, -0.2) is 27.3 Å². The van der Waals surface area contributed by atoms with Crippen LogP contribution in [0.4, 0.5) is 0 Å². The minimum atomic E-state index is 0. The fourth-order valence-corrected chi connectivity index (χ4v) is 0.393. The molecule has 0 bridgehead atoms. The Morgan fingerprint density at radius 3 is 2.10 bits per heavy atom. The molecule has 10 heavy (non-hydrogen) atoms. The maximum Gasteiger partial charge on any atom is 0.0474 e. The van der Waals surface area contributed by atoms with Crippen molar-refractivity contribution in [1.29, 1.82) is 0 Å². The first-order chi connectivity index (χ1) is 4.41. The summed E-state index contributed by atoms with van der Waals surface area (Å²) in [5.41, 5.74) is 0. The van der Waals surface area contributed by atoms with E-state index in [-0.39, 0.29) is 7.43 Å². The summed E-state index contributed by atoms with van der Waals surface area (Å²) < 4.78 is 4.80. The van der Waals surface area contributed by atoms with E-state index in [9.17, 15) is 0 Å². The Bertz CT molecular complexity index is 28.4. The Hall–Kier alpha value is -0.0800. The third-order valence-electron chi connectivity index (χ3n) is 0.775. The van der Waals surface area contributed by atoms with Crippen molar-refractivity contribution in [1.82, 2.24) is 5.32 Å². The lowest BCUT2D eigenvalue weighted by Gasteiger charge is -1.94. The van der Waals surface area contributed by atoms with Crippen molar-refractivity contribution in [2.24, 2.45) is 0 Å². The SMILES string of the molecule is C.CC.CNCCCOC. The quantitative estimate of drug-likeness (QED) is 0.616. The maximum atomic E-state index is 4.80. The number of nitrogens with one attached hydrogen (secondary N) is 1. The second kappa shape index (κ2) is 23.1. The van der Waals surface area contributed by atoms with Crippen LogP contribution in [0.15, 0.2) is 0 Å². The van der Waals surface area contributed by atoms with Gasteiger partial charge in [0, 0.05) is 13.7 Å². The summed E-state index contributed by atoms with van der Waals surface area (Å²) in [5, 5.41) is 3.02. The Morgan fingerprint density at radius 2 is 1.80 bits per heavy atom. The van der Waals surface area contributed by atoms with Gasteiger partial charge in [0.2, 0.25) is 0 Å². The molecule has 66 valence electrons. The first-order valence-electron chi connectivity index (χ1n) is 3.55. The Balaban J connectivity index is -0.000000149. The van der Waals surface area contributed by atoms with Gasteiger partial charge in [-0.15, -0.1) is 0 Å². The molecule has 0 amide bonds. The topological polar surface area (TPSA) is 21.3 Å². The third kappa shape index (κ3) is 24.7. The average Bonchev–Trinajstić information content (AvgIpc) is 1.94. The minimum absolute atomic E-state index is 0. The standard InChI is InChI=1S/C5H13NO.C2H6.CH4/c1-6-4-3-5-7-2;1-2;/h6H,3-5H2,1-2H3;1-2H3;1H4. The van der Waals surface area contributed by atoms with Gasteiger partial charge in [-0.1, -0.05) is 21.3 Å². The van der Waals surface area contributed by atoms with Gasteiger partial charge >= 0.3 is 0 Å². The number of methoxy groups -OCH3 is 1. The molecule has 0 aromatic heterocycles. The lowest BCUT2D eigenvalue weighted by Crippen LogP contribution is -2.09. The largest absolute Gasteiger partial charge is 0.385 e. The fraction of sp³-hybridized carbons (Fsp3) is 1.00. The molecule has 0 aliphatic heterocycles. The highest BCUT2D eigenvalue weighted by Gasteiger charge is 1.78. The van der Waals surface area contributed by atoms with Gasteiger partial charge in [0.15, 0.2) is 0 Å². The smallest absolute Gasteiger partial charge is 0.0474 e. The van der Waals surface area contributed by atoms with Gasteiger partial charge in [0.05, 0.1) is 0 Å². The number of rotatable bonds is 4. The molecule has 0 radical (unpaired) electrons. The molecule has 2 heteroatoms.